The van der Waals surface area contributed by atoms with Crippen molar-refractivity contribution >= 4 is 17.9 Å². The quantitative estimate of drug-likeness (QED) is 0.0603. The minimum atomic E-state index is -1.47. The topological polar surface area (TPSA) is 112 Å². The molecule has 1 aliphatic heterocycles. The zero-order chi connectivity index (χ0) is 31.7. The number of hydrogen-bond donors (Lipinski definition) is 1. The van der Waals surface area contributed by atoms with E-state index in [1.807, 2.05) is 19.0 Å². The Labute approximate surface area is 261 Å². The molecular weight excluding hydrogens is 550 g/mol. The van der Waals surface area contributed by atoms with Crippen LogP contribution < -0.4 is 0 Å². The molecule has 1 rings (SSSR count). The van der Waals surface area contributed by atoms with Gasteiger partial charge < -0.3 is 29.0 Å². The summed E-state index contributed by atoms with van der Waals surface area (Å²) < 4.78 is 22.2. The van der Waals surface area contributed by atoms with Crippen molar-refractivity contribution in [3.8, 4) is 0 Å². The van der Waals surface area contributed by atoms with Gasteiger partial charge in [-0.2, -0.15) is 0 Å². The maximum absolute atomic E-state index is 12.7. The summed E-state index contributed by atoms with van der Waals surface area (Å²) in [5, 5.41) is 10.6. The van der Waals surface area contributed by atoms with Crippen molar-refractivity contribution in [1.82, 2.24) is 4.90 Å². The molecule has 0 radical (unpaired) electrons. The summed E-state index contributed by atoms with van der Waals surface area (Å²) in [6.07, 6.45) is 16.4. The largest absolute Gasteiger partial charge is 0.463 e. The third-order valence-corrected chi connectivity index (χ3v) is 7.96. The van der Waals surface area contributed by atoms with Gasteiger partial charge in [0.2, 0.25) is 0 Å². The highest BCUT2D eigenvalue weighted by molar-refractivity contribution is 5.71. The minimum absolute atomic E-state index is 0.197. The Morgan fingerprint density at radius 3 is 1.47 bits per heavy atom. The molecule has 0 aromatic heterocycles. The first-order valence-corrected chi connectivity index (χ1v) is 17.3. The number of aliphatic hydroxyl groups excluding tert-OH is 1. The Balaban J connectivity index is 2.54. The molecule has 43 heavy (non-hydrogen) atoms. The van der Waals surface area contributed by atoms with Crippen LogP contribution in [0.25, 0.3) is 0 Å². The number of ether oxygens (including phenoxy) is 4. The second-order valence-electron chi connectivity index (χ2n) is 12.4. The van der Waals surface area contributed by atoms with Crippen molar-refractivity contribution in [3.05, 3.63) is 0 Å². The van der Waals surface area contributed by atoms with E-state index in [-0.39, 0.29) is 25.9 Å². The number of carbonyl (C=O) groups excluding carboxylic acids is 3. The van der Waals surface area contributed by atoms with Gasteiger partial charge in [0.1, 0.15) is 12.7 Å². The van der Waals surface area contributed by atoms with Gasteiger partial charge >= 0.3 is 17.9 Å². The van der Waals surface area contributed by atoms with Crippen LogP contribution in [-0.2, 0) is 33.3 Å². The molecule has 252 valence electrons. The highest BCUT2D eigenvalue weighted by Gasteiger charge is 2.49. The van der Waals surface area contributed by atoms with Crippen LogP contribution in [0.1, 0.15) is 149 Å². The van der Waals surface area contributed by atoms with Crippen LogP contribution in [0.15, 0.2) is 0 Å². The lowest BCUT2D eigenvalue weighted by molar-refractivity contribution is -0.177. The molecule has 0 amide bonds. The summed E-state index contributed by atoms with van der Waals surface area (Å²) in [6, 6.07) is 0. The molecule has 0 aromatic carbocycles. The van der Waals surface area contributed by atoms with Crippen molar-refractivity contribution in [2.75, 3.05) is 27.2 Å². The summed E-state index contributed by atoms with van der Waals surface area (Å²) in [5.41, 5.74) is 0. The van der Waals surface area contributed by atoms with Gasteiger partial charge in [0.05, 0.1) is 6.42 Å². The number of hydrogen-bond acceptors (Lipinski definition) is 9. The lowest BCUT2D eigenvalue weighted by Gasteiger charge is -2.23. The minimum Gasteiger partial charge on any atom is -0.463 e. The molecule has 4 atom stereocenters. The molecule has 0 aromatic rings. The SMILES string of the molecule is CCCCCCCCCCCC(=O)OC1[C@@H](COC(=O)CCN(C)C)O[C@@H](O)[C@H]1OC(=O)CCCCCCCCCCC. The van der Waals surface area contributed by atoms with E-state index in [4.69, 9.17) is 18.9 Å². The fourth-order valence-electron chi connectivity index (χ4n) is 5.25. The van der Waals surface area contributed by atoms with Gasteiger partial charge in [-0.15, -0.1) is 0 Å². The number of rotatable bonds is 27. The van der Waals surface area contributed by atoms with Crippen molar-refractivity contribution in [3.63, 3.8) is 0 Å². The zero-order valence-electron chi connectivity index (χ0n) is 27.8. The summed E-state index contributed by atoms with van der Waals surface area (Å²) in [4.78, 5) is 39.4. The van der Waals surface area contributed by atoms with E-state index in [9.17, 15) is 19.5 Å². The van der Waals surface area contributed by atoms with Crippen LogP contribution >= 0.6 is 0 Å². The standard InChI is InChI=1S/C34H63NO8/c1-5-7-9-11-13-15-17-19-21-23-30(37)42-32-28(27-40-29(36)25-26-35(3)4)41-34(39)33(32)43-31(38)24-22-20-18-16-14-12-10-8-6-2/h28,32-34,39H,5-27H2,1-4H3/t28-,32?,33+,34-/m1/s1. The third-order valence-electron chi connectivity index (χ3n) is 7.96. The molecule has 1 heterocycles. The first-order chi connectivity index (χ1) is 20.8. The van der Waals surface area contributed by atoms with Crippen molar-refractivity contribution in [2.45, 2.75) is 173 Å². The predicted octanol–water partition coefficient (Wildman–Crippen LogP) is 6.86. The van der Waals surface area contributed by atoms with Gasteiger partial charge in [-0.3, -0.25) is 14.4 Å². The molecule has 0 saturated carbocycles. The van der Waals surface area contributed by atoms with Gasteiger partial charge in [-0.25, -0.2) is 0 Å². The Kier molecular flexibility index (Phi) is 23.4. The summed E-state index contributed by atoms with van der Waals surface area (Å²) >= 11 is 0. The maximum atomic E-state index is 12.7. The van der Waals surface area contributed by atoms with E-state index in [0.717, 1.165) is 25.7 Å². The average molecular weight is 614 g/mol. The molecule has 1 saturated heterocycles. The summed E-state index contributed by atoms with van der Waals surface area (Å²) in [7, 11) is 3.72. The third kappa shape index (κ3) is 20.0. The predicted molar refractivity (Wildman–Crippen MR) is 168 cm³/mol. The summed E-state index contributed by atoms with van der Waals surface area (Å²) in [5.74, 6) is -1.31. The number of esters is 3. The second kappa shape index (κ2) is 25.6. The molecule has 1 aliphatic rings. The summed E-state index contributed by atoms with van der Waals surface area (Å²) in [6.45, 7) is 4.75. The highest BCUT2D eigenvalue weighted by atomic mass is 16.7. The van der Waals surface area contributed by atoms with Gasteiger partial charge in [-0.1, -0.05) is 117 Å². The lowest BCUT2D eigenvalue weighted by Crippen LogP contribution is -2.42. The van der Waals surface area contributed by atoms with E-state index in [2.05, 4.69) is 13.8 Å². The smallest absolute Gasteiger partial charge is 0.307 e. The Morgan fingerprint density at radius 1 is 0.605 bits per heavy atom. The van der Waals surface area contributed by atoms with Crippen LogP contribution in [-0.4, -0.2) is 79.8 Å². The molecule has 0 aliphatic carbocycles. The Hall–Kier alpha value is -1.71. The zero-order valence-corrected chi connectivity index (χ0v) is 27.8. The maximum Gasteiger partial charge on any atom is 0.307 e. The normalized spacial score (nSPS) is 20.0. The molecule has 1 fully saturated rings. The van der Waals surface area contributed by atoms with Crippen LogP contribution in [0, 0.1) is 0 Å². The van der Waals surface area contributed by atoms with Crippen LogP contribution in [0.5, 0.6) is 0 Å². The van der Waals surface area contributed by atoms with Gasteiger partial charge in [0.15, 0.2) is 18.5 Å². The second-order valence-corrected chi connectivity index (χ2v) is 12.4. The van der Waals surface area contributed by atoms with Crippen molar-refractivity contribution in [1.29, 1.82) is 0 Å². The van der Waals surface area contributed by atoms with Gasteiger partial charge in [0.25, 0.3) is 0 Å². The van der Waals surface area contributed by atoms with E-state index in [1.54, 1.807) is 0 Å². The highest BCUT2D eigenvalue weighted by Crippen LogP contribution is 2.27. The molecule has 1 unspecified atom stereocenters. The molecule has 0 spiro atoms. The van der Waals surface area contributed by atoms with Gasteiger partial charge in [0, 0.05) is 19.4 Å². The number of carbonyl (C=O) groups is 3. The van der Waals surface area contributed by atoms with E-state index in [1.165, 1.54) is 77.0 Å². The van der Waals surface area contributed by atoms with Crippen molar-refractivity contribution < 1.29 is 38.4 Å². The first-order valence-electron chi connectivity index (χ1n) is 17.3. The van der Waals surface area contributed by atoms with Crippen LogP contribution in [0.3, 0.4) is 0 Å². The molecule has 0 bridgehead atoms. The molecular formula is C34H63NO8. The Bertz CT molecular complexity index is 731. The lowest BCUT2D eigenvalue weighted by atomic mass is 10.1. The first kappa shape index (κ1) is 39.3. The fourth-order valence-corrected chi connectivity index (χ4v) is 5.25. The van der Waals surface area contributed by atoms with Gasteiger partial charge in [-0.05, 0) is 26.9 Å². The average Bonchev–Trinajstić information content (AvgIpc) is 3.26. The monoisotopic (exact) mass is 613 g/mol. The fraction of sp³-hybridized carbons (Fsp3) is 0.912. The van der Waals surface area contributed by atoms with E-state index < -0.39 is 42.5 Å². The number of aliphatic hydroxyl groups is 1. The van der Waals surface area contributed by atoms with E-state index >= 15 is 0 Å². The molecule has 9 heteroatoms. The van der Waals surface area contributed by atoms with Crippen LogP contribution in [0.2, 0.25) is 0 Å². The van der Waals surface area contributed by atoms with Crippen molar-refractivity contribution in [2.24, 2.45) is 0 Å². The van der Waals surface area contributed by atoms with E-state index in [0.29, 0.717) is 19.4 Å². The Morgan fingerprint density at radius 2 is 1.02 bits per heavy atom. The molecule has 9 nitrogen and oxygen atoms in total. The number of nitrogens with zero attached hydrogens (tertiary/aromatic N) is 1. The number of unbranched alkanes of at least 4 members (excludes halogenated alkanes) is 16. The van der Waals surface area contributed by atoms with Crippen LogP contribution in [0.4, 0.5) is 0 Å². The molecule has 1 N–H and O–H groups in total.